The van der Waals surface area contributed by atoms with Gasteiger partial charge >= 0.3 is 0 Å². The number of benzene rings is 1. The molecule has 0 saturated carbocycles. The lowest BCUT2D eigenvalue weighted by molar-refractivity contribution is 0.286. The maximum Gasteiger partial charge on any atom is 0.291 e. The molecule has 24 heavy (non-hydrogen) atoms. The van der Waals surface area contributed by atoms with Crippen molar-refractivity contribution in [3.63, 3.8) is 0 Å². The Kier molecular flexibility index (Phi) is 5.10. The molecule has 0 fully saturated rings. The first-order valence-corrected chi connectivity index (χ1v) is 8.69. The fourth-order valence-electron chi connectivity index (χ4n) is 2.36. The van der Waals surface area contributed by atoms with E-state index < -0.39 is 0 Å². The zero-order valence-corrected chi connectivity index (χ0v) is 14.5. The van der Waals surface area contributed by atoms with Crippen LogP contribution in [0.15, 0.2) is 29.3 Å². The van der Waals surface area contributed by atoms with Crippen molar-refractivity contribution in [2.45, 2.75) is 26.2 Å². The van der Waals surface area contributed by atoms with Crippen LogP contribution in [0.2, 0.25) is 0 Å². The number of rotatable bonds is 7. The van der Waals surface area contributed by atoms with Crippen LogP contribution in [0.1, 0.15) is 31.7 Å². The van der Waals surface area contributed by atoms with Gasteiger partial charge in [0.25, 0.3) is 5.56 Å². The molecule has 2 heterocycles. The highest BCUT2D eigenvalue weighted by molar-refractivity contribution is 7.15. The Labute approximate surface area is 143 Å². The second-order valence-corrected chi connectivity index (χ2v) is 6.35. The van der Waals surface area contributed by atoms with Gasteiger partial charge in [-0.15, -0.1) is 0 Å². The Bertz CT molecular complexity index is 932. The molecule has 0 spiro atoms. The summed E-state index contributed by atoms with van der Waals surface area (Å²) in [6, 6.07) is 5.65. The smallest absolute Gasteiger partial charge is 0.291 e. The lowest BCUT2D eigenvalue weighted by Crippen LogP contribution is -2.23. The van der Waals surface area contributed by atoms with Crippen molar-refractivity contribution in [1.29, 1.82) is 0 Å². The number of unbranched alkanes of at least 4 members (excludes halogenated alkanes) is 2. The second-order valence-electron chi connectivity index (χ2n) is 5.34. The number of hydrogen-bond acceptors (Lipinski definition) is 6. The molecule has 0 saturated heterocycles. The van der Waals surface area contributed by atoms with E-state index in [-0.39, 0.29) is 5.56 Å². The van der Waals surface area contributed by atoms with E-state index in [0.29, 0.717) is 21.8 Å². The lowest BCUT2D eigenvalue weighted by atomic mass is 10.2. The van der Waals surface area contributed by atoms with Crippen LogP contribution < -0.4 is 19.6 Å². The summed E-state index contributed by atoms with van der Waals surface area (Å²) in [6.07, 6.45) is 6.52. The Balaban J connectivity index is 1.86. The summed E-state index contributed by atoms with van der Waals surface area (Å²) in [5.41, 5.74) is 0.709. The third-order valence-corrected chi connectivity index (χ3v) is 4.59. The molecule has 0 aliphatic heterocycles. The Morgan fingerprint density at radius 3 is 2.92 bits per heavy atom. The summed E-state index contributed by atoms with van der Waals surface area (Å²) in [4.78, 5) is 16.8. The highest BCUT2D eigenvalue weighted by Gasteiger charge is 2.07. The zero-order chi connectivity index (χ0) is 16.9. The van der Waals surface area contributed by atoms with Gasteiger partial charge in [-0.2, -0.15) is 9.61 Å². The summed E-state index contributed by atoms with van der Waals surface area (Å²) in [5.74, 6) is 1.38. The predicted molar refractivity (Wildman–Crippen MR) is 93.9 cm³/mol. The molecule has 126 valence electrons. The Hall–Kier alpha value is -2.41. The van der Waals surface area contributed by atoms with E-state index in [2.05, 4.69) is 17.0 Å². The number of hydrogen-bond donors (Lipinski definition) is 0. The molecular formula is C17H19N3O3S. The first kappa shape index (κ1) is 16.4. The van der Waals surface area contributed by atoms with Crippen LogP contribution in [0.5, 0.6) is 11.5 Å². The van der Waals surface area contributed by atoms with E-state index >= 15 is 0 Å². The molecular weight excluding hydrogens is 326 g/mol. The number of thiazole rings is 1. The van der Waals surface area contributed by atoms with Gasteiger partial charge in [0.15, 0.2) is 11.5 Å². The molecule has 0 radical (unpaired) electrons. The van der Waals surface area contributed by atoms with Crippen molar-refractivity contribution in [1.82, 2.24) is 14.6 Å². The van der Waals surface area contributed by atoms with Crippen LogP contribution in [0.3, 0.4) is 0 Å². The molecule has 3 rings (SSSR count). The largest absolute Gasteiger partial charge is 0.493 e. The van der Waals surface area contributed by atoms with Crippen LogP contribution in [-0.4, -0.2) is 28.3 Å². The molecule has 0 atom stereocenters. The number of fused-ring (bicyclic) bond motifs is 1. The second kappa shape index (κ2) is 7.44. The van der Waals surface area contributed by atoms with Crippen molar-refractivity contribution in [2.24, 2.45) is 0 Å². The van der Waals surface area contributed by atoms with Gasteiger partial charge in [-0.1, -0.05) is 37.2 Å². The maximum absolute atomic E-state index is 12.2. The summed E-state index contributed by atoms with van der Waals surface area (Å²) in [6.45, 7) is 2.83. The van der Waals surface area contributed by atoms with Gasteiger partial charge in [-0.3, -0.25) is 4.79 Å². The van der Waals surface area contributed by atoms with E-state index in [1.165, 1.54) is 22.2 Å². The number of methoxy groups -OCH3 is 1. The van der Waals surface area contributed by atoms with Gasteiger partial charge in [0.1, 0.15) is 6.33 Å². The summed E-state index contributed by atoms with van der Waals surface area (Å²) < 4.78 is 13.1. The average molecular weight is 345 g/mol. The minimum atomic E-state index is -0.161. The van der Waals surface area contributed by atoms with Gasteiger partial charge in [-0.05, 0) is 30.2 Å². The molecule has 2 aromatic heterocycles. The highest BCUT2D eigenvalue weighted by atomic mass is 32.1. The van der Waals surface area contributed by atoms with E-state index in [0.717, 1.165) is 30.6 Å². The molecule has 0 aliphatic carbocycles. The maximum atomic E-state index is 12.2. The topological polar surface area (TPSA) is 65.7 Å². The van der Waals surface area contributed by atoms with Crippen molar-refractivity contribution in [3.8, 4) is 11.5 Å². The van der Waals surface area contributed by atoms with Crippen molar-refractivity contribution in [3.05, 3.63) is 45.0 Å². The Morgan fingerprint density at radius 2 is 2.17 bits per heavy atom. The minimum absolute atomic E-state index is 0.161. The van der Waals surface area contributed by atoms with Crippen LogP contribution in [-0.2, 0) is 0 Å². The molecule has 7 heteroatoms. The third kappa shape index (κ3) is 3.41. The molecule has 1 aromatic carbocycles. The van der Waals surface area contributed by atoms with Crippen molar-refractivity contribution in [2.75, 3.05) is 13.7 Å². The summed E-state index contributed by atoms with van der Waals surface area (Å²) >= 11 is 1.31. The number of aromatic nitrogens is 3. The van der Waals surface area contributed by atoms with Gasteiger partial charge in [0.05, 0.1) is 18.2 Å². The third-order valence-electron chi connectivity index (χ3n) is 3.61. The first-order valence-electron chi connectivity index (χ1n) is 7.88. The predicted octanol–water partition coefficient (Wildman–Crippen LogP) is 2.28. The number of nitrogens with zero attached hydrogens (tertiary/aromatic N) is 3. The van der Waals surface area contributed by atoms with Crippen LogP contribution in [0, 0.1) is 0 Å². The van der Waals surface area contributed by atoms with Crippen molar-refractivity contribution < 1.29 is 9.47 Å². The van der Waals surface area contributed by atoms with Gasteiger partial charge < -0.3 is 9.47 Å². The molecule has 0 amide bonds. The Morgan fingerprint density at radius 1 is 1.29 bits per heavy atom. The van der Waals surface area contributed by atoms with Gasteiger partial charge in [0, 0.05) is 0 Å². The average Bonchev–Trinajstić information content (AvgIpc) is 3.16. The first-order chi connectivity index (χ1) is 11.7. The molecule has 6 nitrogen and oxygen atoms in total. The van der Waals surface area contributed by atoms with Gasteiger partial charge in [-0.25, -0.2) is 4.98 Å². The van der Waals surface area contributed by atoms with E-state index in [1.807, 2.05) is 24.3 Å². The molecule has 0 unspecified atom stereocenters. The SMILES string of the molecule is CCCCCOc1ccc(/C=c2\sc3ncnn3c2=O)cc1OC. The molecule has 0 bridgehead atoms. The van der Waals surface area contributed by atoms with E-state index in [4.69, 9.17) is 9.47 Å². The standard InChI is InChI=1S/C17H19N3O3S/c1-3-4-5-8-23-13-7-6-12(9-14(13)22-2)10-15-16(21)20-17(24-15)18-11-19-20/h6-7,9-11H,3-5,8H2,1-2H3/b15-10-. The van der Waals surface area contributed by atoms with Crippen LogP contribution in [0.4, 0.5) is 0 Å². The monoisotopic (exact) mass is 345 g/mol. The zero-order valence-electron chi connectivity index (χ0n) is 13.7. The number of ether oxygens (including phenoxy) is 2. The van der Waals surface area contributed by atoms with E-state index in [9.17, 15) is 4.79 Å². The van der Waals surface area contributed by atoms with E-state index in [1.54, 1.807) is 7.11 Å². The minimum Gasteiger partial charge on any atom is -0.493 e. The van der Waals surface area contributed by atoms with Gasteiger partial charge in [0.2, 0.25) is 4.96 Å². The van der Waals surface area contributed by atoms with Crippen molar-refractivity contribution >= 4 is 22.4 Å². The summed E-state index contributed by atoms with van der Waals surface area (Å²) in [5, 5.41) is 3.92. The highest BCUT2D eigenvalue weighted by Crippen LogP contribution is 2.28. The van der Waals surface area contributed by atoms with Crippen LogP contribution >= 0.6 is 11.3 Å². The fraction of sp³-hybridized carbons (Fsp3) is 0.353. The molecule has 0 aliphatic rings. The quantitative estimate of drug-likeness (QED) is 0.615. The molecule has 3 aromatic rings. The normalized spacial score (nSPS) is 12.0. The fourth-order valence-corrected chi connectivity index (χ4v) is 3.24. The lowest BCUT2D eigenvalue weighted by Gasteiger charge is -2.11. The molecule has 0 N–H and O–H groups in total. The van der Waals surface area contributed by atoms with Crippen LogP contribution in [0.25, 0.3) is 11.0 Å². The summed E-state index contributed by atoms with van der Waals surface area (Å²) in [7, 11) is 1.61.